The summed E-state index contributed by atoms with van der Waals surface area (Å²) in [6.45, 7) is 9.51. The van der Waals surface area contributed by atoms with Gasteiger partial charge in [-0.05, 0) is 26.0 Å². The number of carbonyl (C=O) groups is 2. The molecule has 0 aromatic heterocycles. The lowest BCUT2D eigenvalue weighted by molar-refractivity contribution is -0.125. The van der Waals surface area contributed by atoms with Crippen LogP contribution in [-0.2, 0) is 9.59 Å². The molecule has 1 aliphatic rings. The van der Waals surface area contributed by atoms with Crippen LogP contribution in [0.1, 0.15) is 34.6 Å². The number of ether oxygens (including phenoxy) is 1. The SMILES string of the molecule is CC(C)(C)C(=O)Nc1ccc2c(c1)OCC(C)(C)C(=O)N2. The van der Waals surface area contributed by atoms with Crippen molar-refractivity contribution in [1.82, 2.24) is 0 Å². The first kappa shape index (κ1) is 15.4. The maximum atomic E-state index is 12.0. The average Bonchev–Trinajstić information content (AvgIpc) is 2.47. The number of fused-ring (bicyclic) bond motifs is 1. The molecule has 21 heavy (non-hydrogen) atoms. The van der Waals surface area contributed by atoms with Crippen molar-refractivity contribution in [3.05, 3.63) is 18.2 Å². The number of hydrogen-bond donors (Lipinski definition) is 2. The van der Waals surface area contributed by atoms with Crippen molar-refractivity contribution in [3.63, 3.8) is 0 Å². The molecule has 5 nitrogen and oxygen atoms in total. The molecular weight excluding hydrogens is 268 g/mol. The van der Waals surface area contributed by atoms with E-state index in [0.29, 0.717) is 23.7 Å². The minimum Gasteiger partial charge on any atom is -0.490 e. The first-order valence-corrected chi connectivity index (χ1v) is 6.99. The standard InChI is InChI=1S/C16H22N2O3/c1-15(2,3)13(19)17-10-6-7-11-12(8-10)21-9-16(4,5)14(20)18-11/h6-8H,9H2,1-5H3,(H,17,19)(H,18,20). The van der Waals surface area contributed by atoms with Crippen LogP contribution in [0.3, 0.4) is 0 Å². The molecule has 0 spiro atoms. The molecule has 1 heterocycles. The molecule has 0 saturated heterocycles. The van der Waals surface area contributed by atoms with E-state index in [4.69, 9.17) is 4.74 Å². The molecule has 0 atom stereocenters. The van der Waals surface area contributed by atoms with Crippen molar-refractivity contribution >= 4 is 23.2 Å². The Labute approximate surface area is 125 Å². The molecule has 2 amide bonds. The monoisotopic (exact) mass is 290 g/mol. The summed E-state index contributed by atoms with van der Waals surface area (Å²) in [4.78, 5) is 24.0. The number of amides is 2. The third-order valence-corrected chi connectivity index (χ3v) is 3.37. The van der Waals surface area contributed by atoms with Crippen molar-refractivity contribution in [3.8, 4) is 5.75 Å². The van der Waals surface area contributed by atoms with E-state index < -0.39 is 10.8 Å². The Morgan fingerprint density at radius 3 is 2.62 bits per heavy atom. The zero-order valence-electron chi connectivity index (χ0n) is 13.2. The Bertz CT molecular complexity index is 586. The van der Waals surface area contributed by atoms with Gasteiger partial charge in [0.25, 0.3) is 0 Å². The van der Waals surface area contributed by atoms with Gasteiger partial charge in [-0.25, -0.2) is 0 Å². The summed E-state index contributed by atoms with van der Waals surface area (Å²) in [6.07, 6.45) is 0. The van der Waals surface area contributed by atoms with Crippen LogP contribution in [0.15, 0.2) is 18.2 Å². The van der Waals surface area contributed by atoms with Gasteiger partial charge in [0.05, 0.1) is 11.1 Å². The van der Waals surface area contributed by atoms with Crippen LogP contribution in [-0.4, -0.2) is 18.4 Å². The summed E-state index contributed by atoms with van der Waals surface area (Å²) in [5.41, 5.74) is 0.222. The van der Waals surface area contributed by atoms with E-state index in [0.717, 1.165) is 0 Å². The average molecular weight is 290 g/mol. The van der Waals surface area contributed by atoms with Crippen molar-refractivity contribution in [2.75, 3.05) is 17.2 Å². The molecule has 0 saturated carbocycles. The highest BCUT2D eigenvalue weighted by atomic mass is 16.5. The Kier molecular flexibility index (Phi) is 3.70. The summed E-state index contributed by atoms with van der Waals surface area (Å²) in [7, 11) is 0. The third-order valence-electron chi connectivity index (χ3n) is 3.37. The quantitative estimate of drug-likeness (QED) is 0.835. The smallest absolute Gasteiger partial charge is 0.233 e. The van der Waals surface area contributed by atoms with Crippen LogP contribution in [0.5, 0.6) is 5.75 Å². The largest absolute Gasteiger partial charge is 0.490 e. The van der Waals surface area contributed by atoms with E-state index in [2.05, 4.69) is 10.6 Å². The maximum Gasteiger partial charge on any atom is 0.233 e. The fourth-order valence-electron chi connectivity index (χ4n) is 1.76. The summed E-state index contributed by atoms with van der Waals surface area (Å²) < 4.78 is 5.71. The number of carbonyl (C=O) groups excluding carboxylic acids is 2. The second-order valence-electron chi connectivity index (χ2n) is 7.04. The first-order valence-electron chi connectivity index (χ1n) is 6.99. The van der Waals surface area contributed by atoms with E-state index in [9.17, 15) is 9.59 Å². The summed E-state index contributed by atoms with van der Waals surface area (Å²) in [6, 6.07) is 5.23. The number of rotatable bonds is 1. The van der Waals surface area contributed by atoms with Gasteiger partial charge in [-0.15, -0.1) is 0 Å². The van der Waals surface area contributed by atoms with Gasteiger partial charge >= 0.3 is 0 Å². The van der Waals surface area contributed by atoms with E-state index in [1.165, 1.54) is 0 Å². The summed E-state index contributed by atoms with van der Waals surface area (Å²) >= 11 is 0. The number of anilines is 2. The van der Waals surface area contributed by atoms with E-state index in [1.807, 2.05) is 34.6 Å². The predicted octanol–water partition coefficient (Wildman–Crippen LogP) is 3.03. The Morgan fingerprint density at radius 1 is 1.33 bits per heavy atom. The lowest BCUT2D eigenvalue weighted by Crippen LogP contribution is -2.33. The van der Waals surface area contributed by atoms with Gasteiger partial charge in [-0.1, -0.05) is 20.8 Å². The van der Waals surface area contributed by atoms with Crippen LogP contribution < -0.4 is 15.4 Å². The van der Waals surface area contributed by atoms with Crippen molar-refractivity contribution in [2.45, 2.75) is 34.6 Å². The fourth-order valence-corrected chi connectivity index (χ4v) is 1.76. The molecule has 1 aromatic rings. The maximum absolute atomic E-state index is 12.0. The van der Waals surface area contributed by atoms with Crippen LogP contribution in [0.25, 0.3) is 0 Å². The lowest BCUT2D eigenvalue weighted by atomic mass is 9.94. The van der Waals surface area contributed by atoms with Gasteiger partial charge in [0.2, 0.25) is 11.8 Å². The Balaban J connectivity index is 2.23. The molecule has 0 aliphatic carbocycles. The lowest BCUT2D eigenvalue weighted by Gasteiger charge is -2.19. The fraction of sp³-hybridized carbons (Fsp3) is 0.500. The third kappa shape index (κ3) is 3.35. The van der Waals surface area contributed by atoms with Crippen molar-refractivity contribution in [1.29, 1.82) is 0 Å². The zero-order chi connectivity index (χ0) is 15.8. The molecule has 5 heteroatoms. The van der Waals surface area contributed by atoms with Crippen LogP contribution in [0.2, 0.25) is 0 Å². The predicted molar refractivity (Wildman–Crippen MR) is 82.4 cm³/mol. The highest BCUT2D eigenvalue weighted by molar-refractivity contribution is 5.98. The number of hydrogen-bond acceptors (Lipinski definition) is 3. The van der Waals surface area contributed by atoms with Gasteiger partial charge in [-0.3, -0.25) is 9.59 Å². The molecule has 2 N–H and O–H groups in total. The molecule has 0 unspecified atom stereocenters. The van der Waals surface area contributed by atoms with E-state index in [-0.39, 0.29) is 11.8 Å². The summed E-state index contributed by atoms with van der Waals surface area (Å²) in [5.74, 6) is 0.425. The number of benzene rings is 1. The van der Waals surface area contributed by atoms with Gasteiger partial charge in [0.1, 0.15) is 12.4 Å². The minimum absolute atomic E-state index is 0.0690. The topological polar surface area (TPSA) is 67.4 Å². The minimum atomic E-state index is -0.589. The molecule has 1 aromatic carbocycles. The highest BCUT2D eigenvalue weighted by Gasteiger charge is 2.32. The normalized spacial score (nSPS) is 17.1. The molecule has 2 rings (SSSR count). The molecule has 0 fully saturated rings. The second-order valence-corrected chi connectivity index (χ2v) is 7.04. The van der Waals surface area contributed by atoms with Crippen molar-refractivity contribution in [2.24, 2.45) is 10.8 Å². The van der Waals surface area contributed by atoms with Gasteiger partial charge in [0, 0.05) is 17.2 Å². The highest BCUT2D eigenvalue weighted by Crippen LogP contribution is 2.34. The van der Waals surface area contributed by atoms with Crippen LogP contribution >= 0.6 is 0 Å². The van der Waals surface area contributed by atoms with E-state index >= 15 is 0 Å². The molecule has 1 aliphatic heterocycles. The van der Waals surface area contributed by atoms with Crippen LogP contribution in [0.4, 0.5) is 11.4 Å². The zero-order valence-corrected chi connectivity index (χ0v) is 13.2. The molecule has 0 bridgehead atoms. The molecule has 114 valence electrons. The van der Waals surface area contributed by atoms with Gasteiger partial charge < -0.3 is 15.4 Å². The van der Waals surface area contributed by atoms with Crippen LogP contribution in [0, 0.1) is 10.8 Å². The van der Waals surface area contributed by atoms with Gasteiger partial charge in [0.15, 0.2) is 0 Å². The molecule has 0 radical (unpaired) electrons. The second kappa shape index (κ2) is 5.06. The van der Waals surface area contributed by atoms with E-state index in [1.54, 1.807) is 18.2 Å². The Morgan fingerprint density at radius 2 is 2.00 bits per heavy atom. The Hall–Kier alpha value is -2.04. The molecular formula is C16H22N2O3. The first-order chi connectivity index (χ1) is 9.59. The van der Waals surface area contributed by atoms with Gasteiger partial charge in [-0.2, -0.15) is 0 Å². The van der Waals surface area contributed by atoms with Crippen molar-refractivity contribution < 1.29 is 14.3 Å². The summed E-state index contributed by atoms with van der Waals surface area (Å²) in [5, 5.41) is 5.70. The number of nitrogens with one attached hydrogen (secondary N) is 2.